The van der Waals surface area contributed by atoms with Gasteiger partial charge in [-0.15, -0.1) is 0 Å². The zero-order valence-corrected chi connectivity index (χ0v) is 9.51. The third-order valence-electron chi connectivity index (χ3n) is 2.13. The van der Waals surface area contributed by atoms with Crippen LogP contribution in [0.15, 0.2) is 18.2 Å². The maximum absolute atomic E-state index is 12.8. The fourth-order valence-corrected chi connectivity index (χ4v) is 1.13. The molecule has 1 rings (SSSR count). The summed E-state index contributed by atoms with van der Waals surface area (Å²) in [6.07, 6.45) is -4.83. The quantitative estimate of drug-likeness (QED) is 0.855. The minimum absolute atomic E-state index is 0.257. The molecule has 100 valence electrons. The normalized spacial score (nSPS) is 12.3. The Morgan fingerprint density at radius 1 is 1.28 bits per heavy atom. The van der Waals surface area contributed by atoms with Gasteiger partial charge in [-0.25, -0.2) is 9.18 Å². The molecule has 1 aromatic carbocycles. The topological polar surface area (TPSA) is 46.5 Å². The SMILES string of the molecule is CC(C)(Oc1ccc(F)cc1C(F)(F)F)C(=O)O. The summed E-state index contributed by atoms with van der Waals surface area (Å²) in [5.74, 6) is -3.24. The third-order valence-corrected chi connectivity index (χ3v) is 2.13. The number of aliphatic carboxylic acids is 1. The van der Waals surface area contributed by atoms with Gasteiger partial charge in [-0.1, -0.05) is 0 Å². The number of carbonyl (C=O) groups is 1. The lowest BCUT2D eigenvalue weighted by Gasteiger charge is -2.23. The molecule has 0 unspecified atom stereocenters. The van der Waals surface area contributed by atoms with E-state index >= 15 is 0 Å². The predicted molar refractivity (Wildman–Crippen MR) is 53.7 cm³/mol. The van der Waals surface area contributed by atoms with Crippen LogP contribution in [0, 0.1) is 5.82 Å². The lowest BCUT2D eigenvalue weighted by atomic mass is 10.1. The Labute approximate surface area is 100.0 Å². The van der Waals surface area contributed by atoms with E-state index < -0.39 is 34.9 Å². The number of benzene rings is 1. The summed E-state index contributed by atoms with van der Waals surface area (Å²) in [5, 5.41) is 8.77. The molecule has 1 N–H and O–H groups in total. The van der Waals surface area contributed by atoms with E-state index in [1.807, 2.05) is 0 Å². The number of hydrogen-bond donors (Lipinski definition) is 1. The van der Waals surface area contributed by atoms with Crippen LogP contribution in [0.25, 0.3) is 0 Å². The fourth-order valence-electron chi connectivity index (χ4n) is 1.13. The minimum Gasteiger partial charge on any atom is -0.478 e. The summed E-state index contributed by atoms with van der Waals surface area (Å²) in [4.78, 5) is 10.8. The molecule has 0 radical (unpaired) electrons. The van der Waals surface area contributed by atoms with Gasteiger partial charge >= 0.3 is 12.1 Å². The number of rotatable bonds is 3. The van der Waals surface area contributed by atoms with Gasteiger partial charge in [0.15, 0.2) is 5.60 Å². The highest BCUT2D eigenvalue weighted by molar-refractivity contribution is 5.76. The lowest BCUT2D eigenvalue weighted by Crippen LogP contribution is -2.38. The van der Waals surface area contributed by atoms with Gasteiger partial charge in [-0.3, -0.25) is 0 Å². The Bertz CT molecular complexity index is 466. The molecule has 0 aliphatic heterocycles. The second-order valence-corrected chi connectivity index (χ2v) is 4.06. The van der Waals surface area contributed by atoms with Crippen LogP contribution in [0.2, 0.25) is 0 Å². The highest BCUT2D eigenvalue weighted by Crippen LogP contribution is 2.37. The van der Waals surface area contributed by atoms with Crippen LogP contribution < -0.4 is 4.74 Å². The number of ether oxygens (including phenoxy) is 1. The first-order chi connectivity index (χ1) is 8.04. The first-order valence-corrected chi connectivity index (χ1v) is 4.83. The molecule has 0 saturated carbocycles. The van der Waals surface area contributed by atoms with E-state index in [2.05, 4.69) is 0 Å². The van der Waals surface area contributed by atoms with Crippen molar-refractivity contribution < 1.29 is 32.2 Å². The van der Waals surface area contributed by atoms with Crippen molar-refractivity contribution in [1.82, 2.24) is 0 Å². The van der Waals surface area contributed by atoms with Gasteiger partial charge in [0, 0.05) is 0 Å². The predicted octanol–water partition coefficient (Wildman–Crippen LogP) is 3.09. The van der Waals surface area contributed by atoms with Crippen molar-refractivity contribution >= 4 is 5.97 Å². The Hall–Kier alpha value is -1.79. The van der Waals surface area contributed by atoms with Crippen LogP contribution in [0.4, 0.5) is 17.6 Å². The second kappa shape index (κ2) is 4.47. The summed E-state index contributed by atoms with van der Waals surface area (Å²) in [5.41, 5.74) is -3.20. The highest BCUT2D eigenvalue weighted by atomic mass is 19.4. The molecular formula is C11H10F4O3. The van der Waals surface area contributed by atoms with E-state index in [1.54, 1.807) is 0 Å². The van der Waals surface area contributed by atoms with Gasteiger partial charge < -0.3 is 9.84 Å². The highest BCUT2D eigenvalue weighted by Gasteiger charge is 2.38. The molecule has 0 aliphatic rings. The first-order valence-electron chi connectivity index (χ1n) is 4.83. The van der Waals surface area contributed by atoms with Gasteiger partial charge in [0.05, 0.1) is 0 Å². The van der Waals surface area contributed by atoms with Crippen molar-refractivity contribution in [2.24, 2.45) is 0 Å². The Morgan fingerprint density at radius 3 is 2.28 bits per heavy atom. The standard InChI is InChI=1S/C11H10F4O3/c1-10(2,9(16)17)18-8-4-3-6(12)5-7(8)11(13,14)15/h3-5H,1-2H3,(H,16,17). The molecule has 0 aliphatic carbocycles. The number of carboxylic acids is 1. The van der Waals surface area contributed by atoms with Gasteiger partial charge in [0.2, 0.25) is 0 Å². The molecule has 0 atom stereocenters. The van der Waals surface area contributed by atoms with Crippen LogP contribution >= 0.6 is 0 Å². The molecule has 7 heteroatoms. The summed E-state index contributed by atoms with van der Waals surface area (Å²) >= 11 is 0. The molecule has 0 fully saturated rings. The van der Waals surface area contributed by atoms with Gasteiger partial charge in [-0.2, -0.15) is 13.2 Å². The van der Waals surface area contributed by atoms with E-state index in [9.17, 15) is 22.4 Å². The molecular weight excluding hydrogens is 256 g/mol. The molecule has 0 spiro atoms. The summed E-state index contributed by atoms with van der Waals surface area (Å²) in [6, 6.07) is 1.78. The minimum atomic E-state index is -4.83. The van der Waals surface area contributed by atoms with Gasteiger partial charge in [0.1, 0.15) is 17.1 Å². The maximum Gasteiger partial charge on any atom is 0.420 e. The molecule has 0 aromatic heterocycles. The lowest BCUT2D eigenvalue weighted by molar-refractivity contribution is -0.155. The average molecular weight is 266 g/mol. The van der Waals surface area contributed by atoms with E-state index in [-0.39, 0.29) is 6.07 Å². The van der Waals surface area contributed by atoms with Crippen molar-refractivity contribution in [2.75, 3.05) is 0 Å². The van der Waals surface area contributed by atoms with E-state index in [0.717, 1.165) is 26.0 Å². The zero-order chi connectivity index (χ0) is 14.1. The van der Waals surface area contributed by atoms with Gasteiger partial charge in [0.25, 0.3) is 0 Å². The number of halogens is 4. The average Bonchev–Trinajstić information content (AvgIpc) is 2.18. The van der Waals surface area contributed by atoms with Crippen molar-refractivity contribution in [3.8, 4) is 5.75 Å². The Balaban J connectivity index is 3.22. The summed E-state index contributed by atoms with van der Waals surface area (Å²) < 4.78 is 55.4. The molecule has 0 saturated heterocycles. The van der Waals surface area contributed by atoms with E-state index in [0.29, 0.717) is 0 Å². The van der Waals surface area contributed by atoms with Gasteiger partial charge in [-0.05, 0) is 32.0 Å². The molecule has 0 bridgehead atoms. The largest absolute Gasteiger partial charge is 0.478 e. The van der Waals surface area contributed by atoms with Crippen molar-refractivity contribution in [2.45, 2.75) is 25.6 Å². The first kappa shape index (κ1) is 14.3. The number of carboxylic acid groups (broad SMARTS) is 1. The fraction of sp³-hybridized carbons (Fsp3) is 0.364. The number of hydrogen-bond acceptors (Lipinski definition) is 2. The Kier molecular flexibility index (Phi) is 3.54. The molecule has 0 amide bonds. The van der Waals surface area contributed by atoms with Crippen LogP contribution in [0.3, 0.4) is 0 Å². The number of alkyl halides is 3. The summed E-state index contributed by atoms with van der Waals surface area (Å²) in [7, 11) is 0. The van der Waals surface area contributed by atoms with Crippen molar-refractivity contribution in [3.05, 3.63) is 29.6 Å². The second-order valence-electron chi connectivity index (χ2n) is 4.06. The maximum atomic E-state index is 12.8. The molecule has 3 nitrogen and oxygen atoms in total. The van der Waals surface area contributed by atoms with Crippen LogP contribution in [-0.4, -0.2) is 16.7 Å². The van der Waals surface area contributed by atoms with Crippen LogP contribution in [0.1, 0.15) is 19.4 Å². The van der Waals surface area contributed by atoms with Crippen molar-refractivity contribution in [1.29, 1.82) is 0 Å². The zero-order valence-electron chi connectivity index (χ0n) is 9.51. The van der Waals surface area contributed by atoms with E-state index in [1.165, 1.54) is 0 Å². The van der Waals surface area contributed by atoms with Crippen LogP contribution in [-0.2, 0) is 11.0 Å². The Morgan fingerprint density at radius 2 is 1.83 bits per heavy atom. The molecule has 18 heavy (non-hydrogen) atoms. The van der Waals surface area contributed by atoms with E-state index in [4.69, 9.17) is 9.84 Å². The molecule has 1 aromatic rings. The third kappa shape index (κ3) is 3.12. The smallest absolute Gasteiger partial charge is 0.420 e. The monoisotopic (exact) mass is 266 g/mol. The summed E-state index contributed by atoms with van der Waals surface area (Å²) in [6.45, 7) is 2.19. The van der Waals surface area contributed by atoms with Crippen molar-refractivity contribution in [3.63, 3.8) is 0 Å². The van der Waals surface area contributed by atoms with Crippen LogP contribution in [0.5, 0.6) is 5.75 Å². The molecule has 0 heterocycles.